The van der Waals surface area contributed by atoms with Crippen molar-refractivity contribution in [2.75, 3.05) is 20.0 Å². The van der Waals surface area contributed by atoms with Crippen molar-refractivity contribution in [2.24, 2.45) is 0 Å². The zero-order chi connectivity index (χ0) is 14.8. The molecule has 0 saturated carbocycles. The fourth-order valence-electron chi connectivity index (χ4n) is 2.63. The Labute approximate surface area is 128 Å². The van der Waals surface area contributed by atoms with E-state index in [0.717, 1.165) is 33.3 Å². The Balaban J connectivity index is 1.88. The van der Waals surface area contributed by atoms with Gasteiger partial charge in [-0.15, -0.1) is 11.8 Å². The first-order valence-corrected chi connectivity index (χ1v) is 7.84. The van der Waals surface area contributed by atoms with E-state index in [4.69, 9.17) is 9.47 Å². The molecule has 2 unspecified atom stereocenters. The summed E-state index contributed by atoms with van der Waals surface area (Å²) in [6.45, 7) is 0. The van der Waals surface area contributed by atoms with Gasteiger partial charge in [0.1, 0.15) is 11.5 Å². The van der Waals surface area contributed by atoms with E-state index in [1.54, 1.807) is 26.0 Å². The molecule has 0 saturated heterocycles. The van der Waals surface area contributed by atoms with Crippen LogP contribution in [0.2, 0.25) is 0 Å². The number of hydrogen-bond donors (Lipinski definition) is 1. The summed E-state index contributed by atoms with van der Waals surface area (Å²) in [4.78, 5) is 1.10. The average Bonchev–Trinajstić information content (AvgIpc) is 2.55. The maximum atomic E-state index is 10.7. The zero-order valence-corrected chi connectivity index (χ0v) is 12.9. The average molecular weight is 302 g/mol. The number of benzene rings is 2. The van der Waals surface area contributed by atoms with Gasteiger partial charge in [0.05, 0.1) is 20.3 Å². The van der Waals surface area contributed by atoms with E-state index in [1.165, 1.54) is 0 Å². The van der Waals surface area contributed by atoms with Crippen LogP contribution in [0.15, 0.2) is 47.4 Å². The molecule has 0 aromatic heterocycles. The van der Waals surface area contributed by atoms with Gasteiger partial charge in [0, 0.05) is 16.6 Å². The SMILES string of the molecule is COc1ccc(C2CSc3cc(OC)ccc3C2O)cc1. The number of aliphatic hydroxyl groups is 1. The third kappa shape index (κ3) is 2.74. The lowest BCUT2D eigenvalue weighted by Gasteiger charge is -2.30. The molecule has 2 aromatic rings. The van der Waals surface area contributed by atoms with Gasteiger partial charge in [0.2, 0.25) is 0 Å². The predicted molar refractivity (Wildman–Crippen MR) is 84.4 cm³/mol. The zero-order valence-electron chi connectivity index (χ0n) is 12.1. The Bertz CT molecular complexity index is 624. The van der Waals surface area contributed by atoms with E-state index in [0.29, 0.717) is 0 Å². The van der Waals surface area contributed by atoms with Crippen LogP contribution in [0.3, 0.4) is 0 Å². The first-order valence-electron chi connectivity index (χ1n) is 6.85. The fraction of sp³-hybridized carbons (Fsp3) is 0.294. The second kappa shape index (κ2) is 6.00. The molecule has 1 N–H and O–H groups in total. The summed E-state index contributed by atoms with van der Waals surface area (Å²) in [5, 5.41) is 10.7. The molecule has 1 aliphatic heterocycles. The third-order valence-electron chi connectivity index (χ3n) is 3.88. The summed E-state index contributed by atoms with van der Waals surface area (Å²) < 4.78 is 10.4. The van der Waals surface area contributed by atoms with E-state index >= 15 is 0 Å². The van der Waals surface area contributed by atoms with Crippen molar-refractivity contribution in [1.82, 2.24) is 0 Å². The van der Waals surface area contributed by atoms with Crippen LogP contribution in [0.4, 0.5) is 0 Å². The van der Waals surface area contributed by atoms with Crippen molar-refractivity contribution in [3.8, 4) is 11.5 Å². The summed E-state index contributed by atoms with van der Waals surface area (Å²) in [5.41, 5.74) is 2.12. The molecule has 0 radical (unpaired) electrons. The maximum Gasteiger partial charge on any atom is 0.119 e. The molecule has 0 aliphatic carbocycles. The van der Waals surface area contributed by atoms with Crippen LogP contribution in [-0.4, -0.2) is 25.1 Å². The van der Waals surface area contributed by atoms with Gasteiger partial charge in [0.25, 0.3) is 0 Å². The molecule has 110 valence electrons. The van der Waals surface area contributed by atoms with Gasteiger partial charge in [-0.2, -0.15) is 0 Å². The van der Waals surface area contributed by atoms with E-state index < -0.39 is 6.10 Å². The molecule has 0 bridgehead atoms. The van der Waals surface area contributed by atoms with E-state index in [-0.39, 0.29) is 5.92 Å². The van der Waals surface area contributed by atoms with Crippen LogP contribution in [0.5, 0.6) is 11.5 Å². The molecule has 3 rings (SSSR count). The molecular formula is C17H18O3S. The monoisotopic (exact) mass is 302 g/mol. The minimum absolute atomic E-state index is 0.0989. The standard InChI is InChI=1S/C17H18O3S/c1-19-12-5-3-11(4-6-12)15-10-21-16-9-13(20-2)7-8-14(16)17(15)18/h3-9,15,17-18H,10H2,1-2H3. The highest BCUT2D eigenvalue weighted by Crippen LogP contribution is 2.45. The summed E-state index contributed by atoms with van der Waals surface area (Å²) >= 11 is 1.76. The second-order valence-electron chi connectivity index (χ2n) is 5.04. The highest BCUT2D eigenvalue weighted by atomic mass is 32.2. The lowest BCUT2D eigenvalue weighted by molar-refractivity contribution is 0.148. The molecule has 1 aliphatic rings. The molecule has 0 amide bonds. The van der Waals surface area contributed by atoms with Gasteiger partial charge >= 0.3 is 0 Å². The minimum atomic E-state index is -0.486. The summed E-state index contributed by atoms with van der Waals surface area (Å²) in [6, 6.07) is 13.8. The predicted octanol–water partition coefficient (Wildman–Crippen LogP) is 3.63. The largest absolute Gasteiger partial charge is 0.497 e. The number of fused-ring (bicyclic) bond motifs is 1. The number of methoxy groups -OCH3 is 2. The maximum absolute atomic E-state index is 10.7. The molecule has 21 heavy (non-hydrogen) atoms. The fourth-order valence-corrected chi connectivity index (χ4v) is 3.92. The summed E-state index contributed by atoms with van der Waals surface area (Å²) in [5.74, 6) is 2.62. The van der Waals surface area contributed by atoms with Gasteiger partial charge in [-0.05, 0) is 35.4 Å². The molecule has 0 spiro atoms. The van der Waals surface area contributed by atoms with Crippen molar-refractivity contribution in [2.45, 2.75) is 16.9 Å². The van der Waals surface area contributed by atoms with Crippen molar-refractivity contribution >= 4 is 11.8 Å². The molecule has 1 heterocycles. The second-order valence-corrected chi connectivity index (χ2v) is 6.10. The van der Waals surface area contributed by atoms with Crippen LogP contribution in [0, 0.1) is 0 Å². The highest BCUT2D eigenvalue weighted by Gasteiger charge is 2.29. The first kappa shape index (κ1) is 14.3. The Morgan fingerprint density at radius 1 is 1.00 bits per heavy atom. The van der Waals surface area contributed by atoms with Gasteiger partial charge < -0.3 is 14.6 Å². The summed E-state index contributed by atoms with van der Waals surface area (Å²) in [6.07, 6.45) is -0.486. The lowest BCUT2D eigenvalue weighted by atomic mass is 9.90. The molecule has 3 nitrogen and oxygen atoms in total. The number of hydrogen-bond acceptors (Lipinski definition) is 4. The minimum Gasteiger partial charge on any atom is -0.497 e. The van der Waals surface area contributed by atoms with Gasteiger partial charge in [-0.1, -0.05) is 18.2 Å². The van der Waals surface area contributed by atoms with Crippen molar-refractivity contribution in [3.63, 3.8) is 0 Å². The first-order chi connectivity index (χ1) is 10.2. The van der Waals surface area contributed by atoms with Crippen LogP contribution in [0.1, 0.15) is 23.1 Å². The normalized spacial score (nSPS) is 20.7. The Morgan fingerprint density at radius 3 is 2.33 bits per heavy atom. The van der Waals surface area contributed by atoms with E-state index in [2.05, 4.69) is 0 Å². The van der Waals surface area contributed by atoms with Crippen LogP contribution in [-0.2, 0) is 0 Å². The van der Waals surface area contributed by atoms with Crippen molar-refractivity contribution < 1.29 is 14.6 Å². The molecule has 0 fully saturated rings. The van der Waals surface area contributed by atoms with Crippen LogP contribution < -0.4 is 9.47 Å². The van der Waals surface area contributed by atoms with Crippen LogP contribution in [0.25, 0.3) is 0 Å². The number of rotatable bonds is 3. The van der Waals surface area contributed by atoms with Gasteiger partial charge in [0.15, 0.2) is 0 Å². The van der Waals surface area contributed by atoms with Gasteiger partial charge in [-0.3, -0.25) is 0 Å². The summed E-state index contributed by atoms with van der Waals surface area (Å²) in [7, 11) is 3.32. The number of ether oxygens (including phenoxy) is 2. The molecular weight excluding hydrogens is 284 g/mol. The Morgan fingerprint density at radius 2 is 1.67 bits per heavy atom. The van der Waals surface area contributed by atoms with Crippen molar-refractivity contribution in [1.29, 1.82) is 0 Å². The van der Waals surface area contributed by atoms with E-state index in [9.17, 15) is 5.11 Å². The Kier molecular flexibility index (Phi) is 4.08. The molecule has 2 atom stereocenters. The topological polar surface area (TPSA) is 38.7 Å². The third-order valence-corrected chi connectivity index (χ3v) is 5.07. The number of aliphatic hydroxyl groups excluding tert-OH is 1. The highest BCUT2D eigenvalue weighted by molar-refractivity contribution is 7.99. The van der Waals surface area contributed by atoms with Crippen molar-refractivity contribution in [3.05, 3.63) is 53.6 Å². The van der Waals surface area contributed by atoms with Crippen LogP contribution >= 0.6 is 11.8 Å². The van der Waals surface area contributed by atoms with Gasteiger partial charge in [-0.25, -0.2) is 0 Å². The Hall–Kier alpha value is -1.65. The lowest BCUT2D eigenvalue weighted by Crippen LogP contribution is -2.18. The smallest absolute Gasteiger partial charge is 0.119 e. The molecule has 2 aromatic carbocycles. The number of thioether (sulfide) groups is 1. The molecule has 4 heteroatoms. The quantitative estimate of drug-likeness (QED) is 0.940. The van der Waals surface area contributed by atoms with E-state index in [1.807, 2.05) is 42.5 Å².